The molecule has 40 heavy (non-hydrogen) atoms. The third-order valence-corrected chi connectivity index (χ3v) is 9.31. The molecule has 3 aliphatic rings. The predicted octanol–water partition coefficient (Wildman–Crippen LogP) is 5.25. The number of amides is 1. The fraction of sp³-hybridized carbons (Fsp3) is 0.562. The molecule has 0 bridgehead atoms. The minimum absolute atomic E-state index is 0.0199. The molecule has 2 aliphatic heterocycles. The van der Waals surface area contributed by atoms with Crippen LogP contribution in [-0.2, 0) is 0 Å². The number of nitriles is 1. The van der Waals surface area contributed by atoms with Crippen molar-refractivity contribution in [3.63, 3.8) is 0 Å². The van der Waals surface area contributed by atoms with E-state index in [0.717, 1.165) is 71.2 Å². The standard InChI is InChI=1S/C32H41ClN4O3/c1-22-20-37(17-12-25(22)21-36-15-13-28(38)14-16-36)27-7-2-23(3-8-27)32(39)35-26-5-10-29(11-6-26)40-30-9-4-24(19-34)31(33)18-30/h2-4,7-9,18,22,25-26,28-29,38H,5-6,10-17,20-21H2,1H3,(H,35,39). The molecular formula is C32H41ClN4O3. The van der Waals surface area contributed by atoms with Gasteiger partial charge in [0, 0.05) is 56.1 Å². The number of likely N-dealkylation sites (tertiary alicyclic amines) is 1. The quantitative estimate of drug-likeness (QED) is 0.477. The molecule has 2 saturated heterocycles. The van der Waals surface area contributed by atoms with Crippen LogP contribution in [0.5, 0.6) is 5.75 Å². The molecule has 1 saturated carbocycles. The molecule has 3 fully saturated rings. The minimum atomic E-state index is -0.114. The lowest BCUT2D eigenvalue weighted by Crippen LogP contribution is -2.46. The van der Waals surface area contributed by atoms with Crippen LogP contribution >= 0.6 is 11.6 Å². The number of aliphatic hydroxyl groups is 1. The fourth-order valence-corrected chi connectivity index (χ4v) is 6.62. The van der Waals surface area contributed by atoms with Crippen molar-refractivity contribution in [1.29, 1.82) is 5.26 Å². The second-order valence-corrected chi connectivity index (χ2v) is 12.3. The van der Waals surface area contributed by atoms with Crippen LogP contribution in [0.25, 0.3) is 0 Å². The Bertz CT molecular complexity index is 1180. The van der Waals surface area contributed by atoms with E-state index in [1.165, 1.54) is 12.1 Å². The van der Waals surface area contributed by atoms with Crippen molar-refractivity contribution in [1.82, 2.24) is 10.2 Å². The van der Waals surface area contributed by atoms with Crippen LogP contribution in [0, 0.1) is 23.2 Å². The highest BCUT2D eigenvalue weighted by Gasteiger charge is 2.29. The number of nitrogens with one attached hydrogen (secondary N) is 1. The van der Waals surface area contributed by atoms with Crippen LogP contribution in [0.1, 0.15) is 67.8 Å². The number of hydrogen-bond acceptors (Lipinski definition) is 6. The van der Waals surface area contributed by atoms with Gasteiger partial charge >= 0.3 is 0 Å². The van der Waals surface area contributed by atoms with E-state index < -0.39 is 0 Å². The number of benzene rings is 2. The highest BCUT2D eigenvalue weighted by Crippen LogP contribution is 2.30. The number of carbonyl (C=O) groups excluding carboxylic acids is 1. The molecule has 2 atom stereocenters. The summed E-state index contributed by atoms with van der Waals surface area (Å²) < 4.78 is 6.08. The first-order valence-corrected chi connectivity index (χ1v) is 15.2. The first-order chi connectivity index (χ1) is 19.4. The summed E-state index contributed by atoms with van der Waals surface area (Å²) in [7, 11) is 0. The summed E-state index contributed by atoms with van der Waals surface area (Å²) in [5, 5.41) is 22.4. The number of anilines is 1. The summed E-state index contributed by atoms with van der Waals surface area (Å²) in [6.45, 7) is 7.60. The number of nitrogens with zero attached hydrogens (tertiary/aromatic N) is 3. The Morgan fingerprint density at radius 3 is 2.42 bits per heavy atom. The van der Waals surface area contributed by atoms with Crippen molar-refractivity contribution in [3.05, 3.63) is 58.6 Å². The van der Waals surface area contributed by atoms with E-state index in [1.807, 2.05) is 12.1 Å². The highest BCUT2D eigenvalue weighted by atomic mass is 35.5. The Morgan fingerprint density at radius 2 is 1.77 bits per heavy atom. The summed E-state index contributed by atoms with van der Waals surface area (Å²) in [5.74, 6) is 1.96. The summed E-state index contributed by atoms with van der Waals surface area (Å²) in [6, 6.07) is 15.4. The summed E-state index contributed by atoms with van der Waals surface area (Å²) in [6.07, 6.45) is 6.38. The molecular weight excluding hydrogens is 524 g/mol. The number of carbonyl (C=O) groups is 1. The van der Waals surface area contributed by atoms with E-state index in [-0.39, 0.29) is 24.2 Å². The summed E-state index contributed by atoms with van der Waals surface area (Å²) >= 11 is 6.13. The average Bonchev–Trinajstić information content (AvgIpc) is 2.96. The van der Waals surface area contributed by atoms with E-state index >= 15 is 0 Å². The number of halogens is 1. The maximum atomic E-state index is 13.0. The van der Waals surface area contributed by atoms with Crippen LogP contribution in [0.3, 0.4) is 0 Å². The molecule has 2 aromatic rings. The monoisotopic (exact) mass is 564 g/mol. The van der Waals surface area contributed by atoms with Gasteiger partial charge in [-0.05, 0) is 93.2 Å². The molecule has 214 valence electrons. The van der Waals surface area contributed by atoms with Gasteiger partial charge in [0.05, 0.1) is 22.8 Å². The van der Waals surface area contributed by atoms with Gasteiger partial charge < -0.3 is 25.0 Å². The fourth-order valence-electron chi connectivity index (χ4n) is 6.40. The normalized spacial score (nSPS) is 26.2. The number of aliphatic hydroxyl groups excluding tert-OH is 1. The number of piperidine rings is 2. The Morgan fingerprint density at radius 1 is 1.05 bits per heavy atom. The smallest absolute Gasteiger partial charge is 0.251 e. The number of ether oxygens (including phenoxy) is 1. The third-order valence-electron chi connectivity index (χ3n) is 9.00. The molecule has 7 nitrogen and oxygen atoms in total. The minimum Gasteiger partial charge on any atom is -0.490 e. The molecule has 8 heteroatoms. The predicted molar refractivity (Wildman–Crippen MR) is 158 cm³/mol. The second-order valence-electron chi connectivity index (χ2n) is 11.9. The van der Waals surface area contributed by atoms with Gasteiger partial charge in [0.2, 0.25) is 0 Å². The molecule has 0 spiro atoms. The van der Waals surface area contributed by atoms with Crippen molar-refractivity contribution in [2.45, 2.75) is 70.1 Å². The zero-order valence-electron chi connectivity index (χ0n) is 23.4. The van der Waals surface area contributed by atoms with E-state index in [2.05, 4.69) is 40.2 Å². The molecule has 2 N–H and O–H groups in total. The van der Waals surface area contributed by atoms with Crippen molar-refractivity contribution in [3.8, 4) is 11.8 Å². The lowest BCUT2D eigenvalue weighted by molar-refractivity contribution is 0.0667. The Hall–Kier alpha value is -2.79. The van der Waals surface area contributed by atoms with Gasteiger partial charge in [-0.15, -0.1) is 0 Å². The van der Waals surface area contributed by atoms with Crippen molar-refractivity contribution in [2.75, 3.05) is 37.6 Å². The summed E-state index contributed by atoms with van der Waals surface area (Å²) in [4.78, 5) is 17.9. The molecule has 2 unspecified atom stereocenters. The SMILES string of the molecule is CC1CN(c2ccc(C(=O)NC3CCC(Oc4ccc(C#N)c(Cl)c4)CC3)cc2)CCC1CN1CCC(O)CC1. The van der Waals surface area contributed by atoms with Gasteiger partial charge in [-0.3, -0.25) is 4.79 Å². The van der Waals surface area contributed by atoms with Gasteiger partial charge in [-0.25, -0.2) is 0 Å². The second kappa shape index (κ2) is 13.2. The van der Waals surface area contributed by atoms with Crippen LogP contribution in [0.2, 0.25) is 5.02 Å². The lowest BCUT2D eigenvalue weighted by atomic mass is 9.85. The van der Waals surface area contributed by atoms with Crippen LogP contribution in [-0.4, -0.2) is 66.9 Å². The third kappa shape index (κ3) is 7.28. The van der Waals surface area contributed by atoms with Crippen LogP contribution < -0.4 is 15.0 Å². The molecule has 0 aromatic heterocycles. The summed E-state index contributed by atoms with van der Waals surface area (Å²) in [5.41, 5.74) is 2.33. The van der Waals surface area contributed by atoms with Gasteiger partial charge in [-0.1, -0.05) is 18.5 Å². The molecule has 1 aliphatic carbocycles. The zero-order valence-corrected chi connectivity index (χ0v) is 24.2. The Labute approximate surface area is 243 Å². The number of hydrogen-bond donors (Lipinski definition) is 2. The van der Waals surface area contributed by atoms with E-state index in [4.69, 9.17) is 21.6 Å². The first-order valence-electron chi connectivity index (χ1n) is 14.8. The highest BCUT2D eigenvalue weighted by molar-refractivity contribution is 6.31. The van der Waals surface area contributed by atoms with E-state index in [9.17, 15) is 9.90 Å². The molecule has 5 rings (SSSR count). The molecule has 2 heterocycles. The maximum absolute atomic E-state index is 13.0. The van der Waals surface area contributed by atoms with Crippen molar-refractivity contribution >= 4 is 23.2 Å². The first kappa shape index (κ1) is 28.7. The van der Waals surface area contributed by atoms with E-state index in [0.29, 0.717) is 33.7 Å². The Kier molecular flexibility index (Phi) is 9.52. The van der Waals surface area contributed by atoms with Crippen LogP contribution in [0.4, 0.5) is 5.69 Å². The van der Waals surface area contributed by atoms with Crippen molar-refractivity contribution < 1.29 is 14.6 Å². The lowest BCUT2D eigenvalue weighted by Gasteiger charge is -2.41. The molecule has 0 radical (unpaired) electrons. The molecule has 1 amide bonds. The largest absolute Gasteiger partial charge is 0.490 e. The van der Waals surface area contributed by atoms with Gasteiger partial charge in [0.15, 0.2) is 0 Å². The maximum Gasteiger partial charge on any atom is 0.251 e. The van der Waals surface area contributed by atoms with E-state index in [1.54, 1.807) is 18.2 Å². The Balaban J connectivity index is 1.05. The van der Waals surface area contributed by atoms with Gasteiger partial charge in [0.1, 0.15) is 11.8 Å². The van der Waals surface area contributed by atoms with Crippen molar-refractivity contribution in [2.24, 2.45) is 11.8 Å². The van der Waals surface area contributed by atoms with Gasteiger partial charge in [0.25, 0.3) is 5.91 Å². The topological polar surface area (TPSA) is 88.8 Å². The molecule has 2 aromatic carbocycles. The average molecular weight is 565 g/mol. The number of rotatable bonds is 7. The zero-order chi connectivity index (χ0) is 28.1. The van der Waals surface area contributed by atoms with Gasteiger partial charge in [-0.2, -0.15) is 5.26 Å². The van der Waals surface area contributed by atoms with Crippen LogP contribution in [0.15, 0.2) is 42.5 Å².